The third-order valence-electron chi connectivity index (χ3n) is 3.07. The van der Waals surface area contributed by atoms with E-state index in [2.05, 4.69) is 0 Å². The van der Waals surface area contributed by atoms with E-state index in [1.165, 1.54) is 0 Å². The van der Waals surface area contributed by atoms with Crippen LogP contribution < -0.4 is 0 Å². The van der Waals surface area contributed by atoms with Crippen molar-refractivity contribution in [3.63, 3.8) is 0 Å². The number of epoxide rings is 2. The lowest BCUT2D eigenvalue weighted by atomic mass is 10.2. The van der Waals surface area contributed by atoms with E-state index in [-0.39, 0.29) is 17.3 Å². The van der Waals surface area contributed by atoms with Crippen molar-refractivity contribution < 1.29 is 23.7 Å². The SMILES string of the molecule is CC(COCC1(C)CO1)OCCOCC1(C)CO1. The smallest absolute Gasteiger partial charge is 0.112 e. The Morgan fingerprint density at radius 1 is 1.00 bits per heavy atom. The van der Waals surface area contributed by atoms with Crippen LogP contribution in [-0.2, 0) is 23.7 Å². The molecule has 5 heteroatoms. The number of hydrogen-bond acceptors (Lipinski definition) is 5. The average Bonchev–Trinajstić information content (AvgIpc) is 3.20. The molecule has 2 saturated heterocycles. The molecule has 3 unspecified atom stereocenters. The minimum Gasteiger partial charge on any atom is -0.376 e. The van der Waals surface area contributed by atoms with Gasteiger partial charge in [0.05, 0.1) is 52.4 Å². The van der Waals surface area contributed by atoms with E-state index < -0.39 is 0 Å². The zero-order chi connectivity index (χ0) is 13.1. The molecule has 2 fully saturated rings. The van der Waals surface area contributed by atoms with Crippen molar-refractivity contribution in [2.75, 3.05) is 46.2 Å². The van der Waals surface area contributed by atoms with E-state index in [1.807, 2.05) is 20.8 Å². The van der Waals surface area contributed by atoms with Crippen LogP contribution in [0.1, 0.15) is 20.8 Å². The summed E-state index contributed by atoms with van der Waals surface area (Å²) in [5, 5.41) is 0. The van der Waals surface area contributed by atoms with Gasteiger partial charge < -0.3 is 23.7 Å². The second kappa shape index (κ2) is 5.84. The molecule has 0 aromatic heterocycles. The number of rotatable bonds is 10. The molecule has 0 aromatic rings. The lowest BCUT2D eigenvalue weighted by molar-refractivity contribution is -0.0408. The Hall–Kier alpha value is -0.200. The number of hydrogen-bond donors (Lipinski definition) is 0. The quantitative estimate of drug-likeness (QED) is 0.433. The van der Waals surface area contributed by atoms with Crippen LogP contribution in [0.2, 0.25) is 0 Å². The van der Waals surface area contributed by atoms with Crippen molar-refractivity contribution in [2.24, 2.45) is 0 Å². The standard InChI is InChI=1S/C13H24O5/c1-11(6-15-8-13(3)10-18-13)16-5-4-14-7-12(2)9-17-12/h11H,4-10H2,1-3H3. The van der Waals surface area contributed by atoms with Crippen molar-refractivity contribution in [3.8, 4) is 0 Å². The normalized spacial score (nSPS) is 35.5. The second-order valence-corrected chi connectivity index (χ2v) is 5.73. The van der Waals surface area contributed by atoms with Gasteiger partial charge in [-0.1, -0.05) is 0 Å². The zero-order valence-electron chi connectivity index (χ0n) is 11.6. The maximum Gasteiger partial charge on any atom is 0.112 e. The Morgan fingerprint density at radius 2 is 1.56 bits per heavy atom. The first-order chi connectivity index (χ1) is 8.52. The molecule has 5 nitrogen and oxygen atoms in total. The molecule has 2 rings (SSSR count). The Labute approximate surface area is 109 Å². The van der Waals surface area contributed by atoms with Gasteiger partial charge in [0.25, 0.3) is 0 Å². The van der Waals surface area contributed by atoms with Gasteiger partial charge in [-0.15, -0.1) is 0 Å². The fourth-order valence-electron chi connectivity index (χ4n) is 1.50. The summed E-state index contributed by atoms with van der Waals surface area (Å²) < 4.78 is 27.0. The van der Waals surface area contributed by atoms with Gasteiger partial charge in [-0.05, 0) is 20.8 Å². The maximum absolute atomic E-state index is 5.58. The molecule has 18 heavy (non-hydrogen) atoms. The summed E-state index contributed by atoms with van der Waals surface area (Å²) in [6.07, 6.45) is 0.0868. The molecule has 2 heterocycles. The van der Waals surface area contributed by atoms with E-state index in [9.17, 15) is 0 Å². The Balaban J connectivity index is 1.38. The van der Waals surface area contributed by atoms with Gasteiger partial charge in [0, 0.05) is 0 Å². The molecule has 0 radical (unpaired) electrons. The molecular weight excluding hydrogens is 236 g/mol. The summed E-state index contributed by atoms with van der Waals surface area (Å²) in [6.45, 7) is 10.8. The Bertz CT molecular complexity index is 260. The van der Waals surface area contributed by atoms with Gasteiger partial charge in [-0.2, -0.15) is 0 Å². The van der Waals surface area contributed by atoms with Gasteiger partial charge in [0.2, 0.25) is 0 Å². The molecule has 0 saturated carbocycles. The molecule has 0 amide bonds. The highest BCUT2D eigenvalue weighted by atomic mass is 16.6. The summed E-state index contributed by atoms with van der Waals surface area (Å²) in [4.78, 5) is 0. The lowest BCUT2D eigenvalue weighted by Gasteiger charge is -2.15. The van der Waals surface area contributed by atoms with Gasteiger partial charge in [-0.3, -0.25) is 0 Å². The average molecular weight is 260 g/mol. The highest BCUT2D eigenvalue weighted by Gasteiger charge is 2.40. The topological polar surface area (TPSA) is 52.8 Å². The highest BCUT2D eigenvalue weighted by Crippen LogP contribution is 2.26. The van der Waals surface area contributed by atoms with Gasteiger partial charge in [-0.25, -0.2) is 0 Å². The molecule has 2 aliphatic rings. The van der Waals surface area contributed by atoms with Crippen molar-refractivity contribution in [1.29, 1.82) is 0 Å². The molecule has 0 aliphatic carbocycles. The highest BCUT2D eigenvalue weighted by molar-refractivity contribution is 4.86. The van der Waals surface area contributed by atoms with Crippen LogP contribution in [0.15, 0.2) is 0 Å². The van der Waals surface area contributed by atoms with Crippen LogP contribution >= 0.6 is 0 Å². The minimum absolute atomic E-state index is 0.0333. The fourth-order valence-corrected chi connectivity index (χ4v) is 1.50. The van der Waals surface area contributed by atoms with E-state index in [0.717, 1.165) is 13.2 Å². The van der Waals surface area contributed by atoms with E-state index in [0.29, 0.717) is 33.0 Å². The van der Waals surface area contributed by atoms with Gasteiger partial charge >= 0.3 is 0 Å². The summed E-state index contributed by atoms with van der Waals surface area (Å²) in [5.74, 6) is 0. The van der Waals surface area contributed by atoms with Crippen LogP contribution in [-0.4, -0.2) is 63.6 Å². The molecule has 0 bridgehead atoms. The van der Waals surface area contributed by atoms with E-state index in [1.54, 1.807) is 0 Å². The first kappa shape index (κ1) is 14.2. The Kier molecular flexibility index (Phi) is 4.61. The van der Waals surface area contributed by atoms with Crippen LogP contribution in [0.3, 0.4) is 0 Å². The molecular formula is C13H24O5. The molecule has 106 valence electrons. The predicted octanol–water partition coefficient (Wildman–Crippen LogP) is 1.00. The van der Waals surface area contributed by atoms with Crippen LogP contribution in [0.4, 0.5) is 0 Å². The minimum atomic E-state index is -0.0391. The summed E-state index contributed by atoms with van der Waals surface area (Å²) in [5.41, 5.74) is -0.0724. The summed E-state index contributed by atoms with van der Waals surface area (Å²) >= 11 is 0. The van der Waals surface area contributed by atoms with E-state index in [4.69, 9.17) is 23.7 Å². The zero-order valence-corrected chi connectivity index (χ0v) is 11.6. The molecule has 3 atom stereocenters. The van der Waals surface area contributed by atoms with Crippen molar-refractivity contribution >= 4 is 0 Å². The lowest BCUT2D eigenvalue weighted by Crippen LogP contribution is -2.23. The Morgan fingerprint density at radius 3 is 2.11 bits per heavy atom. The molecule has 0 spiro atoms. The number of ether oxygens (including phenoxy) is 5. The van der Waals surface area contributed by atoms with Gasteiger partial charge in [0.1, 0.15) is 11.2 Å². The van der Waals surface area contributed by atoms with E-state index >= 15 is 0 Å². The van der Waals surface area contributed by atoms with Crippen LogP contribution in [0, 0.1) is 0 Å². The van der Waals surface area contributed by atoms with Crippen molar-refractivity contribution in [2.45, 2.75) is 38.1 Å². The predicted molar refractivity (Wildman–Crippen MR) is 65.8 cm³/mol. The maximum atomic E-state index is 5.58. The second-order valence-electron chi connectivity index (χ2n) is 5.73. The monoisotopic (exact) mass is 260 g/mol. The first-order valence-electron chi connectivity index (χ1n) is 6.56. The third-order valence-corrected chi connectivity index (χ3v) is 3.07. The van der Waals surface area contributed by atoms with Crippen molar-refractivity contribution in [3.05, 3.63) is 0 Å². The molecule has 2 aliphatic heterocycles. The summed E-state index contributed by atoms with van der Waals surface area (Å²) in [7, 11) is 0. The third kappa shape index (κ3) is 5.20. The first-order valence-corrected chi connectivity index (χ1v) is 6.56. The van der Waals surface area contributed by atoms with Crippen molar-refractivity contribution in [1.82, 2.24) is 0 Å². The largest absolute Gasteiger partial charge is 0.376 e. The summed E-state index contributed by atoms with van der Waals surface area (Å²) in [6, 6.07) is 0. The fraction of sp³-hybridized carbons (Fsp3) is 1.00. The van der Waals surface area contributed by atoms with Crippen LogP contribution in [0.5, 0.6) is 0 Å². The molecule has 0 N–H and O–H groups in total. The van der Waals surface area contributed by atoms with Gasteiger partial charge in [0.15, 0.2) is 0 Å². The van der Waals surface area contributed by atoms with Crippen LogP contribution in [0.25, 0.3) is 0 Å². The molecule has 0 aromatic carbocycles.